The van der Waals surface area contributed by atoms with Crippen LogP contribution in [0.1, 0.15) is 22.8 Å². The number of hydrogen-bond acceptors (Lipinski definition) is 4. The van der Waals surface area contributed by atoms with Crippen LogP contribution in [-0.4, -0.2) is 15.9 Å². The van der Waals surface area contributed by atoms with Crippen molar-refractivity contribution in [3.63, 3.8) is 0 Å². The van der Waals surface area contributed by atoms with Crippen molar-refractivity contribution in [3.05, 3.63) is 46.9 Å². The first-order chi connectivity index (χ1) is 9.13. The highest BCUT2D eigenvalue weighted by Crippen LogP contribution is 2.29. The quantitative estimate of drug-likeness (QED) is 0.871. The Morgan fingerprint density at radius 2 is 2.11 bits per heavy atom. The fourth-order valence-electron chi connectivity index (χ4n) is 1.62. The molecule has 1 aromatic heterocycles. The standard InChI is InChI=1S/C13H12ClN3O2/c1-2-8-11(14)16-7-17-13(8)19-10-6-4-3-5-9(10)12(15)18/h3-7H,2H2,1H3,(H2,15,18). The van der Waals surface area contributed by atoms with E-state index in [9.17, 15) is 4.79 Å². The van der Waals surface area contributed by atoms with Gasteiger partial charge in [-0.25, -0.2) is 9.97 Å². The van der Waals surface area contributed by atoms with Crippen LogP contribution in [0.25, 0.3) is 0 Å². The van der Waals surface area contributed by atoms with E-state index in [4.69, 9.17) is 22.1 Å². The second-order valence-corrected chi connectivity index (χ2v) is 4.12. The number of nitrogens with two attached hydrogens (primary N) is 1. The molecule has 1 aromatic carbocycles. The maximum absolute atomic E-state index is 11.3. The van der Waals surface area contributed by atoms with Crippen molar-refractivity contribution in [1.82, 2.24) is 9.97 Å². The van der Waals surface area contributed by atoms with Gasteiger partial charge in [-0.3, -0.25) is 4.79 Å². The van der Waals surface area contributed by atoms with Gasteiger partial charge in [0.15, 0.2) is 0 Å². The van der Waals surface area contributed by atoms with Crippen molar-refractivity contribution < 1.29 is 9.53 Å². The lowest BCUT2D eigenvalue weighted by Crippen LogP contribution is -2.12. The lowest BCUT2D eigenvalue weighted by Gasteiger charge is -2.11. The third kappa shape index (κ3) is 2.82. The van der Waals surface area contributed by atoms with Crippen LogP contribution in [0.5, 0.6) is 11.6 Å². The number of para-hydroxylation sites is 1. The minimum atomic E-state index is -0.561. The minimum absolute atomic E-state index is 0.291. The molecule has 0 saturated carbocycles. The van der Waals surface area contributed by atoms with Gasteiger partial charge in [0.1, 0.15) is 17.2 Å². The fraction of sp³-hybridized carbons (Fsp3) is 0.154. The zero-order valence-corrected chi connectivity index (χ0v) is 11.0. The smallest absolute Gasteiger partial charge is 0.252 e. The van der Waals surface area contributed by atoms with Gasteiger partial charge in [-0.05, 0) is 18.6 Å². The van der Waals surface area contributed by atoms with E-state index in [2.05, 4.69) is 9.97 Å². The number of carbonyl (C=O) groups excluding carboxylic acids is 1. The molecule has 6 heteroatoms. The molecular formula is C13H12ClN3O2. The number of ether oxygens (including phenoxy) is 1. The molecule has 2 aromatic rings. The van der Waals surface area contributed by atoms with Crippen molar-refractivity contribution in [2.24, 2.45) is 5.73 Å². The maximum atomic E-state index is 11.3. The first kappa shape index (κ1) is 13.3. The lowest BCUT2D eigenvalue weighted by atomic mass is 10.2. The molecule has 2 N–H and O–H groups in total. The molecule has 0 saturated heterocycles. The molecule has 0 aliphatic carbocycles. The summed E-state index contributed by atoms with van der Waals surface area (Å²) in [7, 11) is 0. The number of halogens is 1. The Hall–Kier alpha value is -2.14. The van der Waals surface area contributed by atoms with Gasteiger partial charge in [0.2, 0.25) is 5.88 Å². The first-order valence-electron chi connectivity index (χ1n) is 5.69. The van der Waals surface area contributed by atoms with Crippen LogP contribution in [0.15, 0.2) is 30.6 Å². The van der Waals surface area contributed by atoms with E-state index in [0.29, 0.717) is 34.3 Å². The molecule has 98 valence electrons. The molecule has 0 unspecified atom stereocenters. The summed E-state index contributed by atoms with van der Waals surface area (Å²) in [5.41, 5.74) is 6.27. The summed E-state index contributed by atoms with van der Waals surface area (Å²) in [6.45, 7) is 1.91. The lowest BCUT2D eigenvalue weighted by molar-refractivity contribution is 0.0998. The molecule has 5 nitrogen and oxygen atoms in total. The molecule has 0 aliphatic heterocycles. The summed E-state index contributed by atoms with van der Waals surface area (Å²) in [6, 6.07) is 6.69. The van der Waals surface area contributed by atoms with Crippen LogP contribution in [0.3, 0.4) is 0 Å². The molecule has 2 rings (SSSR count). The fourth-order valence-corrected chi connectivity index (χ4v) is 1.88. The predicted octanol–water partition coefficient (Wildman–Crippen LogP) is 2.58. The van der Waals surface area contributed by atoms with Gasteiger partial charge in [0.25, 0.3) is 5.91 Å². The Bertz CT molecular complexity index is 617. The number of benzene rings is 1. The van der Waals surface area contributed by atoms with Gasteiger partial charge < -0.3 is 10.5 Å². The summed E-state index contributed by atoms with van der Waals surface area (Å²) in [4.78, 5) is 19.2. The number of amides is 1. The van der Waals surface area contributed by atoms with Crippen LogP contribution in [0.4, 0.5) is 0 Å². The van der Waals surface area contributed by atoms with Crippen molar-refractivity contribution in [2.45, 2.75) is 13.3 Å². The minimum Gasteiger partial charge on any atom is -0.438 e. The molecule has 0 radical (unpaired) electrons. The Kier molecular flexibility index (Phi) is 3.97. The van der Waals surface area contributed by atoms with Crippen molar-refractivity contribution >= 4 is 17.5 Å². The topological polar surface area (TPSA) is 78.1 Å². The van der Waals surface area contributed by atoms with Crippen LogP contribution >= 0.6 is 11.6 Å². The molecule has 0 aliphatic rings. The number of nitrogens with zero attached hydrogens (tertiary/aromatic N) is 2. The van der Waals surface area contributed by atoms with Crippen molar-refractivity contribution in [2.75, 3.05) is 0 Å². The molecular weight excluding hydrogens is 266 g/mol. The first-order valence-corrected chi connectivity index (χ1v) is 6.07. The van der Waals surface area contributed by atoms with Gasteiger partial charge >= 0.3 is 0 Å². The molecule has 1 amide bonds. The number of aromatic nitrogens is 2. The summed E-state index contributed by atoms with van der Waals surface area (Å²) in [6.07, 6.45) is 1.93. The van der Waals surface area contributed by atoms with E-state index in [1.165, 1.54) is 6.33 Å². The highest BCUT2D eigenvalue weighted by Gasteiger charge is 2.14. The zero-order valence-electron chi connectivity index (χ0n) is 10.3. The number of primary amides is 1. The van der Waals surface area contributed by atoms with Crippen LogP contribution in [-0.2, 0) is 6.42 Å². The summed E-state index contributed by atoms with van der Waals surface area (Å²) < 4.78 is 5.64. The largest absolute Gasteiger partial charge is 0.438 e. The summed E-state index contributed by atoms with van der Waals surface area (Å²) >= 11 is 5.98. The third-order valence-electron chi connectivity index (χ3n) is 2.57. The molecule has 0 fully saturated rings. The van der Waals surface area contributed by atoms with Gasteiger partial charge in [0.05, 0.1) is 11.1 Å². The van der Waals surface area contributed by atoms with E-state index < -0.39 is 5.91 Å². The number of hydrogen-bond donors (Lipinski definition) is 1. The van der Waals surface area contributed by atoms with E-state index in [1.807, 2.05) is 6.92 Å². The highest BCUT2D eigenvalue weighted by atomic mass is 35.5. The molecule has 1 heterocycles. The summed E-state index contributed by atoms with van der Waals surface area (Å²) in [5.74, 6) is 0.115. The van der Waals surface area contributed by atoms with Crippen LogP contribution < -0.4 is 10.5 Å². The van der Waals surface area contributed by atoms with Crippen LogP contribution in [0.2, 0.25) is 5.15 Å². The number of rotatable bonds is 4. The normalized spacial score (nSPS) is 10.2. The number of carbonyl (C=O) groups is 1. The monoisotopic (exact) mass is 277 g/mol. The Morgan fingerprint density at radius 1 is 1.37 bits per heavy atom. The molecule has 0 atom stereocenters. The second-order valence-electron chi connectivity index (χ2n) is 3.76. The Morgan fingerprint density at radius 3 is 2.79 bits per heavy atom. The third-order valence-corrected chi connectivity index (χ3v) is 2.89. The van der Waals surface area contributed by atoms with E-state index in [0.717, 1.165) is 0 Å². The molecule has 0 spiro atoms. The van der Waals surface area contributed by atoms with Crippen LogP contribution in [0, 0.1) is 0 Å². The van der Waals surface area contributed by atoms with Gasteiger partial charge in [-0.1, -0.05) is 30.7 Å². The SMILES string of the molecule is CCc1c(Cl)ncnc1Oc1ccccc1C(N)=O. The Labute approximate surface area is 115 Å². The predicted molar refractivity (Wildman–Crippen MR) is 71.5 cm³/mol. The van der Waals surface area contributed by atoms with E-state index in [-0.39, 0.29) is 0 Å². The Balaban J connectivity index is 2.42. The van der Waals surface area contributed by atoms with Crippen molar-refractivity contribution in [1.29, 1.82) is 0 Å². The average Bonchev–Trinajstić information content (AvgIpc) is 2.39. The van der Waals surface area contributed by atoms with E-state index in [1.54, 1.807) is 24.3 Å². The maximum Gasteiger partial charge on any atom is 0.252 e. The summed E-state index contributed by atoms with van der Waals surface area (Å²) in [5, 5.41) is 0.337. The molecule has 19 heavy (non-hydrogen) atoms. The van der Waals surface area contributed by atoms with E-state index >= 15 is 0 Å². The van der Waals surface area contributed by atoms with Gasteiger partial charge in [-0.2, -0.15) is 0 Å². The van der Waals surface area contributed by atoms with Gasteiger partial charge in [-0.15, -0.1) is 0 Å². The van der Waals surface area contributed by atoms with Crippen molar-refractivity contribution in [3.8, 4) is 11.6 Å². The second kappa shape index (κ2) is 5.67. The highest BCUT2D eigenvalue weighted by molar-refractivity contribution is 6.30. The van der Waals surface area contributed by atoms with Gasteiger partial charge in [0, 0.05) is 0 Å². The zero-order chi connectivity index (χ0) is 13.8. The molecule has 0 bridgehead atoms. The average molecular weight is 278 g/mol.